The number of nitrogens with two attached hydrogens (primary N) is 1. The fourth-order valence-electron chi connectivity index (χ4n) is 3.34. The van der Waals surface area contributed by atoms with Gasteiger partial charge in [-0.15, -0.1) is 46.2 Å². The van der Waals surface area contributed by atoms with Crippen molar-refractivity contribution >= 4 is 80.8 Å². The summed E-state index contributed by atoms with van der Waals surface area (Å²) in [4.78, 5) is 58.3. The van der Waals surface area contributed by atoms with Crippen LogP contribution in [-0.2, 0) is 19.1 Å². The summed E-state index contributed by atoms with van der Waals surface area (Å²) in [7, 11) is 1.24. The second-order valence-electron chi connectivity index (χ2n) is 6.91. The largest absolute Gasteiger partial charge is 0.477 e. The summed E-state index contributed by atoms with van der Waals surface area (Å²) in [5.74, 6) is -2.84. The van der Waals surface area contributed by atoms with Crippen molar-refractivity contribution in [3.8, 4) is 0 Å². The normalized spacial score (nSPS) is 19.7. The molecule has 5 N–H and O–H groups in total. The van der Waals surface area contributed by atoms with E-state index in [4.69, 9.17) is 10.5 Å². The number of thioether (sulfide) groups is 2. The van der Waals surface area contributed by atoms with Crippen LogP contribution in [0.15, 0.2) is 31.5 Å². The van der Waals surface area contributed by atoms with Crippen LogP contribution >= 0.6 is 46.2 Å². The van der Waals surface area contributed by atoms with E-state index in [1.54, 1.807) is 0 Å². The van der Waals surface area contributed by atoms with Crippen molar-refractivity contribution in [2.45, 2.75) is 15.6 Å². The van der Waals surface area contributed by atoms with Crippen LogP contribution in [0.4, 0.5) is 5.13 Å². The lowest BCUT2D eigenvalue weighted by atomic mass is 10.0. The summed E-state index contributed by atoms with van der Waals surface area (Å²) in [5.41, 5.74) is 7.14. The molecule has 0 aromatic carbocycles. The molecule has 2 aromatic rings. The van der Waals surface area contributed by atoms with E-state index in [0.29, 0.717) is 9.78 Å². The van der Waals surface area contributed by atoms with Gasteiger partial charge in [0.15, 0.2) is 16.5 Å². The Kier molecular flexibility index (Phi) is 7.29. The Morgan fingerprint density at radius 3 is 2.80 bits per heavy atom. The van der Waals surface area contributed by atoms with Crippen LogP contribution in [0.2, 0.25) is 0 Å². The number of nitrogens with zero attached hydrogens (tertiary/aromatic N) is 4. The lowest BCUT2D eigenvalue weighted by Crippen LogP contribution is -2.71. The van der Waals surface area contributed by atoms with Gasteiger partial charge < -0.3 is 26.1 Å². The van der Waals surface area contributed by atoms with E-state index in [9.17, 15) is 29.5 Å². The number of carbonyl (C=O) groups is 4. The third kappa shape index (κ3) is 4.71. The highest BCUT2D eigenvalue weighted by Crippen LogP contribution is 2.42. The van der Waals surface area contributed by atoms with Gasteiger partial charge in [0, 0.05) is 16.9 Å². The predicted molar refractivity (Wildman–Crippen MR) is 129 cm³/mol. The molecule has 0 bridgehead atoms. The second kappa shape index (κ2) is 10.2. The number of thiazole rings is 2. The van der Waals surface area contributed by atoms with E-state index in [-0.39, 0.29) is 33.7 Å². The zero-order chi connectivity index (χ0) is 25.3. The average Bonchev–Trinajstić information content (AvgIpc) is 3.49. The Morgan fingerprint density at radius 1 is 1.40 bits per heavy atom. The van der Waals surface area contributed by atoms with Gasteiger partial charge in [-0.3, -0.25) is 14.5 Å². The molecular formula is C18H16N6O7S4. The molecule has 4 rings (SSSR count). The second-order valence-corrected chi connectivity index (χ2v) is 11.0. The number of oxime groups is 1. The Balaban J connectivity index is 1.48. The van der Waals surface area contributed by atoms with Gasteiger partial charge in [-0.25, -0.2) is 19.6 Å². The monoisotopic (exact) mass is 556 g/mol. The molecule has 0 aliphatic carbocycles. The molecule has 2 aliphatic heterocycles. The smallest absolute Gasteiger partial charge is 0.358 e. The van der Waals surface area contributed by atoms with Gasteiger partial charge in [-0.1, -0.05) is 5.16 Å². The first-order valence-corrected chi connectivity index (χ1v) is 13.3. The highest BCUT2D eigenvalue weighted by Gasteiger charge is 2.54. The summed E-state index contributed by atoms with van der Waals surface area (Å²) in [5, 5.41) is 25.5. The molecule has 2 amide bonds. The highest BCUT2D eigenvalue weighted by atomic mass is 32.2. The number of esters is 1. The average molecular weight is 557 g/mol. The van der Waals surface area contributed by atoms with Crippen molar-refractivity contribution in [2.24, 2.45) is 5.16 Å². The highest BCUT2D eigenvalue weighted by molar-refractivity contribution is 8.02. The van der Waals surface area contributed by atoms with Crippen molar-refractivity contribution < 1.29 is 34.2 Å². The number of rotatable bonds is 8. The van der Waals surface area contributed by atoms with E-state index < -0.39 is 40.9 Å². The predicted octanol–water partition coefficient (Wildman–Crippen LogP) is 0.678. The molecule has 4 heterocycles. The topological polar surface area (TPSA) is 197 Å². The minimum absolute atomic E-state index is 0.0484. The van der Waals surface area contributed by atoms with Crippen LogP contribution in [0.5, 0.6) is 0 Å². The van der Waals surface area contributed by atoms with Crippen LogP contribution in [0, 0.1) is 0 Å². The van der Waals surface area contributed by atoms with Crippen molar-refractivity contribution in [3.63, 3.8) is 0 Å². The minimum Gasteiger partial charge on any atom is -0.477 e. The van der Waals surface area contributed by atoms with E-state index >= 15 is 0 Å². The molecular weight excluding hydrogens is 541 g/mol. The maximum Gasteiger partial charge on any atom is 0.358 e. The SMILES string of the molecule is COC(=O)c1ncsc1SCC1=C(C(=O)O)N2C(=O)C(NC(=O)/C(=N\O)c3csc(N)n3)[C@H]2SC1. The number of carboxylic acid groups (broad SMARTS) is 1. The molecule has 0 saturated carbocycles. The Bertz CT molecular complexity index is 1270. The van der Waals surface area contributed by atoms with E-state index in [0.717, 1.165) is 16.2 Å². The number of carboxylic acids is 1. The van der Waals surface area contributed by atoms with Crippen LogP contribution in [0.25, 0.3) is 0 Å². The number of ether oxygens (including phenoxy) is 1. The van der Waals surface area contributed by atoms with Gasteiger partial charge in [-0.2, -0.15) is 0 Å². The number of methoxy groups -OCH3 is 1. The first-order chi connectivity index (χ1) is 16.8. The lowest BCUT2D eigenvalue weighted by molar-refractivity contribution is -0.150. The van der Waals surface area contributed by atoms with Gasteiger partial charge in [0.1, 0.15) is 22.8 Å². The third-order valence-electron chi connectivity index (χ3n) is 4.91. The number of nitrogens with one attached hydrogen (secondary N) is 1. The number of anilines is 1. The number of hydrogen-bond acceptors (Lipinski definition) is 14. The molecule has 2 aromatic heterocycles. The Morgan fingerprint density at radius 2 is 2.17 bits per heavy atom. The molecule has 0 radical (unpaired) electrons. The van der Waals surface area contributed by atoms with Gasteiger partial charge in [0.05, 0.1) is 16.8 Å². The lowest BCUT2D eigenvalue weighted by Gasteiger charge is -2.49. The standard InChI is InChI=1S/C18H16N6O7S4/c1-31-16(29)10-17(35-5-20-10)33-3-6-2-32-14-9(13(26)24(14)11(6)15(27)28)22-12(25)8(23-30)7-4-34-18(19)21-7/h4-5,9,14,30H,2-3H2,1H3,(H2,19,21)(H,22,25)(H,27,28)/b23-8-/t9?,14-/m1/s1. The van der Waals surface area contributed by atoms with Crippen molar-refractivity contribution in [3.05, 3.63) is 33.5 Å². The summed E-state index contributed by atoms with van der Waals surface area (Å²) in [6, 6.07) is -1.02. The van der Waals surface area contributed by atoms with E-state index in [1.165, 1.54) is 52.9 Å². The third-order valence-corrected chi connectivity index (χ3v) is 9.13. The number of aromatic nitrogens is 2. The molecule has 17 heteroatoms. The quantitative estimate of drug-likeness (QED) is 0.0887. The molecule has 35 heavy (non-hydrogen) atoms. The van der Waals surface area contributed by atoms with Crippen LogP contribution in [0.1, 0.15) is 16.2 Å². The summed E-state index contributed by atoms with van der Waals surface area (Å²) >= 11 is 4.78. The zero-order valence-corrected chi connectivity index (χ0v) is 20.9. The number of amides is 2. The molecule has 1 saturated heterocycles. The van der Waals surface area contributed by atoms with Crippen molar-refractivity contribution in [1.29, 1.82) is 0 Å². The molecule has 1 fully saturated rings. The van der Waals surface area contributed by atoms with Crippen LogP contribution < -0.4 is 11.1 Å². The Labute approximate surface area is 213 Å². The first kappa shape index (κ1) is 25.0. The molecule has 2 atom stereocenters. The number of nitrogen functional groups attached to an aromatic ring is 1. The molecule has 184 valence electrons. The maximum absolute atomic E-state index is 12.8. The zero-order valence-electron chi connectivity index (χ0n) is 17.7. The molecule has 0 spiro atoms. The summed E-state index contributed by atoms with van der Waals surface area (Å²) < 4.78 is 5.27. The summed E-state index contributed by atoms with van der Waals surface area (Å²) in [6.45, 7) is 0. The van der Waals surface area contributed by atoms with E-state index in [2.05, 4.69) is 20.4 Å². The van der Waals surface area contributed by atoms with Gasteiger partial charge >= 0.3 is 11.9 Å². The number of carbonyl (C=O) groups excluding carboxylic acids is 3. The minimum atomic E-state index is -1.28. The van der Waals surface area contributed by atoms with Gasteiger partial charge in [-0.05, 0) is 5.57 Å². The Hall–Kier alpha value is -3.15. The summed E-state index contributed by atoms with van der Waals surface area (Å²) in [6.07, 6.45) is 0. The number of hydrogen-bond donors (Lipinski definition) is 4. The van der Waals surface area contributed by atoms with Crippen molar-refractivity contribution in [2.75, 3.05) is 24.3 Å². The fourth-order valence-corrected chi connectivity index (χ4v) is 7.26. The maximum atomic E-state index is 12.8. The van der Waals surface area contributed by atoms with Crippen molar-refractivity contribution in [1.82, 2.24) is 20.2 Å². The molecule has 13 nitrogen and oxygen atoms in total. The number of aliphatic carboxylic acids is 1. The van der Waals surface area contributed by atoms with Crippen LogP contribution in [0.3, 0.4) is 0 Å². The number of β-lactam (4-membered cyclic amide) rings is 1. The van der Waals surface area contributed by atoms with E-state index in [1.807, 2.05) is 0 Å². The number of fused-ring (bicyclic) bond motifs is 1. The first-order valence-electron chi connectivity index (χ1n) is 9.55. The van der Waals surface area contributed by atoms with Gasteiger partial charge in [0.2, 0.25) is 0 Å². The van der Waals surface area contributed by atoms with Crippen LogP contribution in [-0.4, -0.2) is 84.7 Å². The van der Waals surface area contributed by atoms with Gasteiger partial charge in [0.25, 0.3) is 11.8 Å². The fraction of sp³-hybridized carbons (Fsp3) is 0.278. The molecule has 2 aliphatic rings. The molecule has 1 unspecified atom stereocenters.